The van der Waals surface area contributed by atoms with E-state index in [1.165, 1.54) is 11.0 Å². The van der Waals surface area contributed by atoms with Crippen molar-refractivity contribution in [3.63, 3.8) is 0 Å². The van der Waals surface area contributed by atoms with Gasteiger partial charge in [0.25, 0.3) is 5.82 Å². The number of aromatic nitrogens is 5. The zero-order chi connectivity index (χ0) is 17.2. The Morgan fingerprint density at radius 1 is 1.28 bits per heavy atom. The van der Waals surface area contributed by atoms with Crippen LogP contribution in [-0.4, -0.2) is 30.5 Å². The predicted octanol–water partition coefficient (Wildman–Crippen LogP) is 1.85. The first-order chi connectivity index (χ1) is 12.2. The zero-order valence-corrected chi connectivity index (χ0v) is 13.3. The molecule has 0 bridgehead atoms. The number of anilines is 1. The standard InChI is InChI=1S/C17H15N7O/c18-9-15-19-11-23(22-15)10-17(25)20-16-8-14(12-6-7-12)21-24(16)13-4-2-1-3-5-13/h1-5,8,11-12H,6-7,10H2,(H,20,25). The molecule has 0 spiro atoms. The Labute approximate surface area is 143 Å². The van der Waals surface area contributed by atoms with E-state index in [-0.39, 0.29) is 18.3 Å². The highest BCUT2D eigenvalue weighted by Crippen LogP contribution is 2.40. The summed E-state index contributed by atoms with van der Waals surface area (Å²) in [6, 6.07) is 13.4. The summed E-state index contributed by atoms with van der Waals surface area (Å²) in [5, 5.41) is 20.2. The minimum Gasteiger partial charge on any atom is -0.309 e. The number of nitriles is 1. The van der Waals surface area contributed by atoms with Gasteiger partial charge in [-0.1, -0.05) is 18.2 Å². The predicted molar refractivity (Wildman–Crippen MR) is 88.9 cm³/mol. The van der Waals surface area contributed by atoms with Gasteiger partial charge in [0.05, 0.1) is 11.4 Å². The summed E-state index contributed by atoms with van der Waals surface area (Å²) in [6.45, 7) is -0.0204. The molecule has 1 aliphatic rings. The lowest BCUT2D eigenvalue weighted by atomic mass is 10.3. The number of hydrogen-bond acceptors (Lipinski definition) is 5. The molecule has 25 heavy (non-hydrogen) atoms. The van der Waals surface area contributed by atoms with E-state index in [1.807, 2.05) is 42.5 Å². The number of benzene rings is 1. The molecule has 1 saturated carbocycles. The van der Waals surface area contributed by atoms with Crippen molar-refractivity contribution in [2.24, 2.45) is 0 Å². The van der Waals surface area contributed by atoms with Crippen molar-refractivity contribution >= 4 is 11.7 Å². The van der Waals surface area contributed by atoms with Crippen LogP contribution in [0.1, 0.15) is 30.3 Å². The SMILES string of the molecule is N#Cc1ncn(CC(=O)Nc2cc(C3CC3)nn2-c2ccccc2)n1. The molecule has 1 fully saturated rings. The first-order valence-corrected chi connectivity index (χ1v) is 7.98. The summed E-state index contributed by atoms with van der Waals surface area (Å²) >= 11 is 0. The number of carbonyl (C=O) groups is 1. The molecule has 1 N–H and O–H groups in total. The molecule has 8 heteroatoms. The van der Waals surface area contributed by atoms with E-state index in [0.717, 1.165) is 24.2 Å². The second-order valence-electron chi connectivity index (χ2n) is 5.90. The van der Waals surface area contributed by atoms with Crippen LogP contribution in [0.25, 0.3) is 5.69 Å². The second kappa shape index (κ2) is 6.20. The highest BCUT2D eigenvalue weighted by molar-refractivity contribution is 5.90. The molecule has 2 heterocycles. The van der Waals surface area contributed by atoms with E-state index in [4.69, 9.17) is 5.26 Å². The highest BCUT2D eigenvalue weighted by Gasteiger charge is 2.28. The minimum atomic E-state index is -0.256. The highest BCUT2D eigenvalue weighted by atomic mass is 16.2. The quantitative estimate of drug-likeness (QED) is 0.768. The number of amides is 1. The molecule has 0 atom stereocenters. The first kappa shape index (κ1) is 15.1. The number of nitrogens with one attached hydrogen (secondary N) is 1. The molecule has 0 unspecified atom stereocenters. The molecular formula is C17H15N7O. The molecule has 0 radical (unpaired) electrons. The van der Waals surface area contributed by atoms with Crippen molar-refractivity contribution in [3.05, 3.63) is 54.2 Å². The topological polar surface area (TPSA) is 101 Å². The molecule has 1 aliphatic carbocycles. The number of carbonyl (C=O) groups excluding carboxylic acids is 1. The normalized spacial score (nSPS) is 13.4. The van der Waals surface area contributed by atoms with E-state index in [9.17, 15) is 4.79 Å². The van der Waals surface area contributed by atoms with Crippen molar-refractivity contribution in [2.75, 3.05) is 5.32 Å². The minimum absolute atomic E-state index is 0.0204. The number of para-hydroxylation sites is 1. The maximum atomic E-state index is 12.3. The lowest BCUT2D eigenvalue weighted by Crippen LogP contribution is -2.21. The summed E-state index contributed by atoms with van der Waals surface area (Å²) in [5.74, 6) is 0.889. The largest absolute Gasteiger partial charge is 0.309 e. The average molecular weight is 333 g/mol. The Morgan fingerprint density at radius 3 is 2.76 bits per heavy atom. The monoisotopic (exact) mass is 333 g/mol. The van der Waals surface area contributed by atoms with Gasteiger partial charge in [-0.05, 0) is 25.0 Å². The van der Waals surface area contributed by atoms with Gasteiger partial charge in [0.15, 0.2) is 0 Å². The van der Waals surface area contributed by atoms with Crippen molar-refractivity contribution in [2.45, 2.75) is 25.3 Å². The van der Waals surface area contributed by atoms with Gasteiger partial charge >= 0.3 is 0 Å². The lowest BCUT2D eigenvalue weighted by Gasteiger charge is -2.08. The van der Waals surface area contributed by atoms with Crippen LogP contribution in [0.3, 0.4) is 0 Å². The third-order valence-electron chi connectivity index (χ3n) is 3.93. The molecule has 3 aromatic rings. The summed E-state index contributed by atoms with van der Waals surface area (Å²) in [6.07, 6.45) is 3.63. The lowest BCUT2D eigenvalue weighted by molar-refractivity contribution is -0.116. The van der Waals surface area contributed by atoms with Crippen LogP contribution in [0, 0.1) is 11.3 Å². The van der Waals surface area contributed by atoms with Crippen molar-refractivity contribution in [3.8, 4) is 11.8 Å². The van der Waals surface area contributed by atoms with Gasteiger partial charge < -0.3 is 5.32 Å². The molecule has 4 rings (SSSR count). The van der Waals surface area contributed by atoms with Crippen molar-refractivity contribution in [1.29, 1.82) is 5.26 Å². The van der Waals surface area contributed by atoms with Crippen LogP contribution in [0.15, 0.2) is 42.7 Å². The fourth-order valence-electron chi connectivity index (χ4n) is 2.58. The van der Waals surface area contributed by atoms with E-state index in [1.54, 1.807) is 4.68 Å². The van der Waals surface area contributed by atoms with Gasteiger partial charge in [0.1, 0.15) is 24.8 Å². The Balaban J connectivity index is 1.56. The van der Waals surface area contributed by atoms with E-state index >= 15 is 0 Å². The molecule has 1 aromatic carbocycles. The Kier molecular flexibility index (Phi) is 3.74. The smallest absolute Gasteiger partial charge is 0.252 e. The van der Waals surface area contributed by atoms with Crippen LogP contribution < -0.4 is 5.32 Å². The van der Waals surface area contributed by atoms with E-state index < -0.39 is 0 Å². The number of nitrogens with zero attached hydrogens (tertiary/aromatic N) is 6. The van der Waals surface area contributed by atoms with Gasteiger partial charge in [-0.25, -0.2) is 14.3 Å². The Bertz CT molecular complexity index is 947. The van der Waals surface area contributed by atoms with Crippen LogP contribution in [0.4, 0.5) is 5.82 Å². The maximum absolute atomic E-state index is 12.3. The molecule has 0 aliphatic heterocycles. The number of rotatable bonds is 5. The molecule has 2 aromatic heterocycles. The van der Waals surface area contributed by atoms with Gasteiger partial charge in [-0.15, -0.1) is 5.10 Å². The van der Waals surface area contributed by atoms with Gasteiger partial charge in [-0.3, -0.25) is 4.79 Å². The first-order valence-electron chi connectivity index (χ1n) is 7.98. The fourth-order valence-corrected chi connectivity index (χ4v) is 2.58. The van der Waals surface area contributed by atoms with E-state index in [0.29, 0.717) is 11.7 Å². The Hall–Kier alpha value is -3.47. The molecule has 124 valence electrons. The fraction of sp³-hybridized carbons (Fsp3) is 0.235. The molecule has 1 amide bonds. The van der Waals surface area contributed by atoms with E-state index in [2.05, 4.69) is 20.5 Å². The summed E-state index contributed by atoms with van der Waals surface area (Å²) in [7, 11) is 0. The van der Waals surface area contributed by atoms with Gasteiger partial charge in [0, 0.05) is 12.0 Å². The van der Waals surface area contributed by atoms with Crippen LogP contribution in [0.5, 0.6) is 0 Å². The molecular weight excluding hydrogens is 318 g/mol. The summed E-state index contributed by atoms with van der Waals surface area (Å²) in [5.41, 5.74) is 1.88. The summed E-state index contributed by atoms with van der Waals surface area (Å²) in [4.78, 5) is 16.1. The number of hydrogen-bond donors (Lipinski definition) is 1. The molecule has 0 saturated heterocycles. The van der Waals surface area contributed by atoms with Crippen LogP contribution in [-0.2, 0) is 11.3 Å². The van der Waals surface area contributed by atoms with Crippen molar-refractivity contribution < 1.29 is 4.79 Å². The summed E-state index contributed by atoms with van der Waals surface area (Å²) < 4.78 is 3.08. The van der Waals surface area contributed by atoms with Crippen LogP contribution >= 0.6 is 0 Å². The maximum Gasteiger partial charge on any atom is 0.252 e. The third-order valence-corrected chi connectivity index (χ3v) is 3.93. The van der Waals surface area contributed by atoms with Gasteiger partial charge in [-0.2, -0.15) is 10.4 Å². The van der Waals surface area contributed by atoms with Crippen LogP contribution in [0.2, 0.25) is 0 Å². The van der Waals surface area contributed by atoms with Gasteiger partial charge in [0.2, 0.25) is 5.91 Å². The zero-order valence-electron chi connectivity index (χ0n) is 13.3. The second-order valence-corrected chi connectivity index (χ2v) is 5.90. The molecule has 8 nitrogen and oxygen atoms in total. The Morgan fingerprint density at radius 2 is 2.08 bits per heavy atom. The average Bonchev–Trinajstić information content (AvgIpc) is 3.25. The third kappa shape index (κ3) is 3.26. The van der Waals surface area contributed by atoms with Crippen molar-refractivity contribution in [1.82, 2.24) is 24.5 Å².